The second kappa shape index (κ2) is 2.58. The van der Waals surface area contributed by atoms with E-state index in [-0.39, 0.29) is 0 Å². The van der Waals surface area contributed by atoms with Crippen molar-refractivity contribution in [1.82, 2.24) is 5.32 Å². The molecule has 0 aliphatic carbocycles. The molecule has 0 radical (unpaired) electrons. The highest BCUT2D eigenvalue weighted by Gasteiger charge is 2.05. The number of thiol groups is 1. The molecule has 0 bridgehead atoms. The van der Waals surface area contributed by atoms with Gasteiger partial charge in [0.2, 0.25) is 0 Å². The van der Waals surface area contributed by atoms with Gasteiger partial charge in [0.1, 0.15) is 0 Å². The normalized spacial score (nSPS) is 25.3. The summed E-state index contributed by atoms with van der Waals surface area (Å²) in [7, 11) is 0. The van der Waals surface area contributed by atoms with Crippen molar-refractivity contribution >= 4 is 12.6 Å². The average molecular weight is 117 g/mol. The lowest BCUT2D eigenvalue weighted by Crippen LogP contribution is -2.27. The predicted octanol–water partition coefficient (Wildman–Crippen LogP) is 0.668. The van der Waals surface area contributed by atoms with Gasteiger partial charge in [0.25, 0.3) is 0 Å². The summed E-state index contributed by atoms with van der Waals surface area (Å²) in [6.07, 6.45) is 2.48. The first-order valence-corrected chi connectivity index (χ1v) is 3.30. The quantitative estimate of drug-likeness (QED) is 0.444. The smallest absolute Gasteiger partial charge is 0.00409 e. The second-order valence-corrected chi connectivity index (χ2v) is 2.71. The Labute approximate surface area is 49.9 Å². The number of rotatable bonds is 0. The third-order valence-corrected chi connectivity index (χ3v) is 1.83. The molecule has 1 aliphatic heterocycles. The molecule has 42 valence electrons. The van der Waals surface area contributed by atoms with Gasteiger partial charge >= 0.3 is 0 Å². The molecule has 0 unspecified atom stereocenters. The molecule has 0 amide bonds. The van der Waals surface area contributed by atoms with Crippen LogP contribution in [0.5, 0.6) is 0 Å². The van der Waals surface area contributed by atoms with Gasteiger partial charge in [0.05, 0.1) is 0 Å². The van der Waals surface area contributed by atoms with Gasteiger partial charge in [0.15, 0.2) is 0 Å². The maximum atomic E-state index is 4.32. The van der Waals surface area contributed by atoms with Crippen LogP contribution in [-0.2, 0) is 0 Å². The van der Waals surface area contributed by atoms with Gasteiger partial charge in [-0.05, 0) is 25.9 Å². The van der Waals surface area contributed by atoms with Crippen molar-refractivity contribution in [3.05, 3.63) is 0 Å². The van der Waals surface area contributed by atoms with E-state index in [4.69, 9.17) is 0 Å². The van der Waals surface area contributed by atoms with E-state index in [9.17, 15) is 0 Å². The largest absolute Gasteiger partial charge is 0.317 e. The standard InChI is InChI=1S/C5H11NS/c7-5-1-3-6-4-2-5/h5-7H,1-4H2. The molecule has 1 N–H and O–H groups in total. The molecule has 1 heterocycles. The van der Waals surface area contributed by atoms with Gasteiger partial charge in [-0.1, -0.05) is 0 Å². The van der Waals surface area contributed by atoms with Gasteiger partial charge in [-0.3, -0.25) is 0 Å². The fraction of sp³-hybridized carbons (Fsp3) is 1.00. The molecular formula is C5H11NS. The Hall–Kier alpha value is 0.310. The molecule has 0 spiro atoms. The molecule has 0 aromatic carbocycles. The van der Waals surface area contributed by atoms with Crippen molar-refractivity contribution in [1.29, 1.82) is 0 Å². The summed E-state index contributed by atoms with van der Waals surface area (Å²) >= 11 is 4.32. The number of nitrogens with one attached hydrogen (secondary N) is 1. The number of hydrogen-bond acceptors (Lipinski definition) is 2. The molecule has 7 heavy (non-hydrogen) atoms. The minimum absolute atomic E-state index is 0.668. The van der Waals surface area contributed by atoms with Crippen LogP contribution in [0.25, 0.3) is 0 Å². The van der Waals surface area contributed by atoms with E-state index in [2.05, 4.69) is 17.9 Å². The monoisotopic (exact) mass is 117 g/mol. The first kappa shape index (κ1) is 5.45. The van der Waals surface area contributed by atoms with E-state index < -0.39 is 0 Å². The van der Waals surface area contributed by atoms with Gasteiger partial charge in [-0.25, -0.2) is 0 Å². The van der Waals surface area contributed by atoms with E-state index in [1.54, 1.807) is 0 Å². The van der Waals surface area contributed by atoms with Gasteiger partial charge < -0.3 is 5.32 Å². The van der Waals surface area contributed by atoms with Crippen LogP contribution < -0.4 is 5.32 Å². The Morgan fingerprint density at radius 3 is 2.14 bits per heavy atom. The van der Waals surface area contributed by atoms with Crippen molar-refractivity contribution in [2.45, 2.75) is 18.1 Å². The zero-order valence-electron chi connectivity index (χ0n) is 4.35. The van der Waals surface area contributed by atoms with Crippen LogP contribution in [0.1, 0.15) is 12.8 Å². The molecule has 1 rings (SSSR count). The summed E-state index contributed by atoms with van der Waals surface area (Å²) in [5.41, 5.74) is 0. The minimum Gasteiger partial charge on any atom is -0.317 e. The first-order chi connectivity index (χ1) is 3.39. The summed E-state index contributed by atoms with van der Waals surface area (Å²) in [5.74, 6) is 0. The van der Waals surface area contributed by atoms with E-state index in [1.165, 1.54) is 12.8 Å². The summed E-state index contributed by atoms with van der Waals surface area (Å²) in [4.78, 5) is 0. The van der Waals surface area contributed by atoms with Crippen molar-refractivity contribution < 1.29 is 0 Å². The van der Waals surface area contributed by atoms with E-state index in [0.29, 0.717) is 5.25 Å². The lowest BCUT2D eigenvalue weighted by molar-refractivity contribution is 0.533. The average Bonchev–Trinajstić information content (AvgIpc) is 1.69. The van der Waals surface area contributed by atoms with E-state index in [1.807, 2.05) is 0 Å². The second-order valence-electron chi connectivity index (χ2n) is 1.98. The van der Waals surface area contributed by atoms with E-state index >= 15 is 0 Å². The fourth-order valence-corrected chi connectivity index (χ4v) is 1.06. The molecule has 1 nitrogen and oxygen atoms in total. The Morgan fingerprint density at radius 2 is 1.86 bits per heavy atom. The minimum atomic E-state index is 0.668. The topological polar surface area (TPSA) is 12.0 Å². The molecule has 1 saturated heterocycles. The van der Waals surface area contributed by atoms with Crippen molar-refractivity contribution in [3.8, 4) is 0 Å². The van der Waals surface area contributed by atoms with Crippen LogP contribution in [-0.4, -0.2) is 18.3 Å². The van der Waals surface area contributed by atoms with E-state index in [0.717, 1.165) is 13.1 Å². The Morgan fingerprint density at radius 1 is 1.29 bits per heavy atom. The molecule has 0 atom stereocenters. The SMILES string of the molecule is SC1CCNCC1. The predicted molar refractivity (Wildman–Crippen MR) is 34.9 cm³/mol. The lowest BCUT2D eigenvalue weighted by Gasteiger charge is -2.16. The molecule has 0 aromatic heterocycles. The lowest BCUT2D eigenvalue weighted by atomic mass is 10.2. The molecule has 0 saturated carbocycles. The maximum Gasteiger partial charge on any atom is 0.00409 e. The molecular weight excluding hydrogens is 106 g/mol. The molecule has 2 heteroatoms. The highest BCUT2D eigenvalue weighted by Crippen LogP contribution is 2.07. The van der Waals surface area contributed by atoms with Crippen molar-refractivity contribution in [2.75, 3.05) is 13.1 Å². The number of hydrogen-bond donors (Lipinski definition) is 2. The van der Waals surface area contributed by atoms with Crippen LogP contribution in [0.4, 0.5) is 0 Å². The van der Waals surface area contributed by atoms with Crippen LogP contribution in [0.15, 0.2) is 0 Å². The summed E-state index contributed by atoms with van der Waals surface area (Å²) < 4.78 is 0. The van der Waals surface area contributed by atoms with Crippen LogP contribution >= 0.6 is 12.6 Å². The third-order valence-electron chi connectivity index (χ3n) is 1.31. The third kappa shape index (κ3) is 1.70. The zero-order valence-corrected chi connectivity index (χ0v) is 5.25. The highest BCUT2D eigenvalue weighted by molar-refractivity contribution is 7.80. The van der Waals surface area contributed by atoms with Crippen LogP contribution in [0.2, 0.25) is 0 Å². The fourth-order valence-electron chi connectivity index (χ4n) is 0.807. The molecule has 0 aromatic rings. The highest BCUT2D eigenvalue weighted by atomic mass is 32.1. The Balaban J connectivity index is 2.12. The van der Waals surface area contributed by atoms with Crippen LogP contribution in [0.3, 0.4) is 0 Å². The van der Waals surface area contributed by atoms with Crippen LogP contribution in [0, 0.1) is 0 Å². The van der Waals surface area contributed by atoms with Crippen molar-refractivity contribution in [3.63, 3.8) is 0 Å². The maximum absolute atomic E-state index is 4.32. The summed E-state index contributed by atoms with van der Waals surface area (Å²) in [6.45, 7) is 2.32. The summed E-state index contributed by atoms with van der Waals surface area (Å²) in [6, 6.07) is 0. The first-order valence-electron chi connectivity index (χ1n) is 2.78. The number of piperidine rings is 1. The van der Waals surface area contributed by atoms with Gasteiger partial charge in [-0.15, -0.1) is 0 Å². The molecule has 1 fully saturated rings. The van der Waals surface area contributed by atoms with Gasteiger partial charge in [-0.2, -0.15) is 12.6 Å². The zero-order chi connectivity index (χ0) is 5.11. The van der Waals surface area contributed by atoms with Crippen molar-refractivity contribution in [2.24, 2.45) is 0 Å². The molecule has 1 aliphatic rings. The Bertz CT molecular complexity index is 50.0. The Kier molecular flexibility index (Phi) is 2.00. The van der Waals surface area contributed by atoms with Gasteiger partial charge in [0, 0.05) is 5.25 Å². The summed E-state index contributed by atoms with van der Waals surface area (Å²) in [5, 5.41) is 3.93.